The topological polar surface area (TPSA) is 38.3 Å². The van der Waals surface area contributed by atoms with Crippen LogP contribution in [0.25, 0.3) is 0 Å². The molecular formula is C17H24BrNO2. The molecule has 0 bridgehead atoms. The van der Waals surface area contributed by atoms with Crippen molar-refractivity contribution < 1.29 is 9.53 Å². The van der Waals surface area contributed by atoms with Crippen LogP contribution < -0.4 is 10.1 Å². The highest BCUT2D eigenvalue weighted by molar-refractivity contribution is 9.10. The molecule has 0 spiro atoms. The molecule has 1 fully saturated rings. The van der Waals surface area contributed by atoms with Crippen molar-refractivity contribution in [2.24, 2.45) is 5.92 Å². The maximum atomic E-state index is 12.5. The molecule has 0 radical (unpaired) electrons. The zero-order valence-electron chi connectivity index (χ0n) is 12.8. The number of amides is 1. The molecule has 1 aromatic carbocycles. The van der Waals surface area contributed by atoms with Crippen molar-refractivity contribution in [2.45, 2.75) is 51.5 Å². The minimum Gasteiger partial charge on any atom is -0.496 e. The van der Waals surface area contributed by atoms with Crippen molar-refractivity contribution >= 4 is 21.8 Å². The van der Waals surface area contributed by atoms with Gasteiger partial charge < -0.3 is 10.1 Å². The van der Waals surface area contributed by atoms with Gasteiger partial charge in [0, 0.05) is 10.5 Å². The Morgan fingerprint density at radius 2 is 2.10 bits per heavy atom. The van der Waals surface area contributed by atoms with Crippen LogP contribution in [0.1, 0.15) is 55.8 Å². The van der Waals surface area contributed by atoms with Crippen LogP contribution in [0.3, 0.4) is 0 Å². The number of benzene rings is 1. The summed E-state index contributed by atoms with van der Waals surface area (Å²) in [5.74, 6) is 1.20. The maximum Gasteiger partial charge on any atom is 0.255 e. The molecule has 116 valence electrons. The van der Waals surface area contributed by atoms with E-state index >= 15 is 0 Å². The summed E-state index contributed by atoms with van der Waals surface area (Å²) in [5, 5.41) is 3.21. The molecule has 1 saturated carbocycles. The fourth-order valence-electron chi connectivity index (χ4n) is 3.19. The Balaban J connectivity index is 2.08. The molecule has 0 aliphatic heterocycles. The molecule has 0 aromatic heterocycles. The van der Waals surface area contributed by atoms with Crippen LogP contribution in [0.5, 0.6) is 5.75 Å². The number of carbonyl (C=O) groups is 1. The number of rotatable bonds is 5. The Labute approximate surface area is 135 Å². The van der Waals surface area contributed by atoms with Gasteiger partial charge in [0.1, 0.15) is 5.75 Å². The van der Waals surface area contributed by atoms with Crippen LogP contribution in [0, 0.1) is 5.92 Å². The van der Waals surface area contributed by atoms with Crippen molar-refractivity contribution in [2.75, 3.05) is 7.11 Å². The first-order chi connectivity index (χ1) is 10.2. The van der Waals surface area contributed by atoms with Crippen molar-refractivity contribution in [3.63, 3.8) is 0 Å². The van der Waals surface area contributed by atoms with Crippen LogP contribution in [-0.2, 0) is 0 Å². The summed E-state index contributed by atoms with van der Waals surface area (Å²) in [6.45, 7) is 2.15. The van der Waals surface area contributed by atoms with E-state index in [0.29, 0.717) is 17.2 Å². The number of methoxy groups -OCH3 is 1. The molecule has 0 saturated heterocycles. The quantitative estimate of drug-likeness (QED) is 0.843. The van der Waals surface area contributed by atoms with E-state index in [9.17, 15) is 4.79 Å². The summed E-state index contributed by atoms with van der Waals surface area (Å²) in [6.07, 6.45) is 7.36. The van der Waals surface area contributed by atoms with E-state index in [4.69, 9.17) is 4.74 Å². The van der Waals surface area contributed by atoms with Crippen LogP contribution in [0.15, 0.2) is 22.7 Å². The Hall–Kier alpha value is -1.03. The largest absolute Gasteiger partial charge is 0.496 e. The molecule has 1 atom stereocenters. The van der Waals surface area contributed by atoms with Crippen LogP contribution in [0.2, 0.25) is 0 Å². The fraction of sp³-hybridized carbons (Fsp3) is 0.588. The normalized spacial score (nSPS) is 17.3. The van der Waals surface area contributed by atoms with Crippen molar-refractivity contribution in [1.82, 2.24) is 5.32 Å². The number of carbonyl (C=O) groups excluding carboxylic acids is 1. The second-order valence-electron chi connectivity index (χ2n) is 5.73. The van der Waals surface area contributed by atoms with E-state index < -0.39 is 0 Å². The van der Waals surface area contributed by atoms with Crippen molar-refractivity contribution in [3.8, 4) is 5.75 Å². The second kappa shape index (κ2) is 7.83. The standard InChI is InChI=1S/C17H24BrNO2/c1-3-15(12-7-5-4-6-8-12)19-17(20)14-10-9-13(18)11-16(14)21-2/h9-12,15H,3-8H2,1-2H3,(H,19,20). The van der Waals surface area contributed by atoms with Gasteiger partial charge in [-0.3, -0.25) is 4.79 Å². The number of halogens is 1. The van der Waals surface area contributed by atoms with Gasteiger partial charge in [0.25, 0.3) is 5.91 Å². The molecule has 1 aliphatic rings. The van der Waals surface area contributed by atoms with Gasteiger partial charge in [-0.25, -0.2) is 0 Å². The summed E-state index contributed by atoms with van der Waals surface area (Å²) < 4.78 is 6.23. The summed E-state index contributed by atoms with van der Waals surface area (Å²) in [4.78, 5) is 12.5. The van der Waals surface area contributed by atoms with Crippen LogP contribution >= 0.6 is 15.9 Å². The third-order valence-electron chi connectivity index (χ3n) is 4.38. The first-order valence-corrected chi connectivity index (χ1v) is 8.59. The molecule has 0 heterocycles. The first kappa shape index (κ1) is 16.3. The molecule has 1 aliphatic carbocycles. The van der Waals surface area contributed by atoms with Crippen molar-refractivity contribution in [3.05, 3.63) is 28.2 Å². The summed E-state index contributed by atoms with van der Waals surface area (Å²) in [6, 6.07) is 5.78. The van der Waals surface area contributed by atoms with E-state index in [0.717, 1.165) is 10.9 Å². The highest BCUT2D eigenvalue weighted by Crippen LogP contribution is 2.29. The van der Waals surface area contributed by atoms with E-state index in [2.05, 4.69) is 28.2 Å². The average molecular weight is 354 g/mol. The Morgan fingerprint density at radius 3 is 2.71 bits per heavy atom. The van der Waals surface area contributed by atoms with Gasteiger partial charge in [-0.1, -0.05) is 42.1 Å². The van der Waals surface area contributed by atoms with Gasteiger partial charge >= 0.3 is 0 Å². The smallest absolute Gasteiger partial charge is 0.255 e. The Kier molecular flexibility index (Phi) is 6.09. The minimum atomic E-state index is -0.0308. The van der Waals surface area contributed by atoms with Crippen molar-refractivity contribution in [1.29, 1.82) is 0 Å². The Bertz CT molecular complexity index is 484. The minimum absolute atomic E-state index is 0.0308. The van der Waals surface area contributed by atoms with Gasteiger partial charge in [0.05, 0.1) is 12.7 Å². The number of hydrogen-bond acceptors (Lipinski definition) is 2. The van der Waals surface area contributed by atoms with Gasteiger partial charge in [0.15, 0.2) is 0 Å². The van der Waals surface area contributed by atoms with E-state index in [-0.39, 0.29) is 11.9 Å². The van der Waals surface area contributed by atoms with Gasteiger partial charge in [-0.2, -0.15) is 0 Å². The molecule has 1 aromatic rings. The number of hydrogen-bond donors (Lipinski definition) is 1. The fourth-order valence-corrected chi connectivity index (χ4v) is 3.53. The number of nitrogens with one attached hydrogen (secondary N) is 1. The van der Waals surface area contributed by atoms with Crippen LogP contribution in [0.4, 0.5) is 0 Å². The third-order valence-corrected chi connectivity index (χ3v) is 4.88. The molecule has 1 amide bonds. The lowest BCUT2D eigenvalue weighted by Crippen LogP contribution is -2.40. The van der Waals surface area contributed by atoms with Gasteiger partial charge in [-0.05, 0) is 43.4 Å². The lowest BCUT2D eigenvalue weighted by molar-refractivity contribution is 0.0908. The average Bonchev–Trinajstić information content (AvgIpc) is 2.53. The monoisotopic (exact) mass is 353 g/mol. The predicted octanol–water partition coefficient (Wildman–Crippen LogP) is 4.55. The van der Waals surface area contributed by atoms with E-state index in [1.165, 1.54) is 32.1 Å². The number of ether oxygens (including phenoxy) is 1. The molecule has 2 rings (SSSR count). The van der Waals surface area contributed by atoms with Gasteiger partial charge in [0.2, 0.25) is 0 Å². The molecule has 21 heavy (non-hydrogen) atoms. The maximum absolute atomic E-state index is 12.5. The summed E-state index contributed by atoms with van der Waals surface area (Å²) in [5.41, 5.74) is 0.606. The van der Waals surface area contributed by atoms with E-state index in [1.807, 2.05) is 18.2 Å². The SMILES string of the molecule is CCC(NC(=O)c1ccc(Br)cc1OC)C1CCCCC1. The summed E-state index contributed by atoms with van der Waals surface area (Å²) in [7, 11) is 1.59. The van der Waals surface area contributed by atoms with Crippen LogP contribution in [-0.4, -0.2) is 19.1 Å². The lowest BCUT2D eigenvalue weighted by Gasteiger charge is -2.30. The molecule has 4 heteroatoms. The molecule has 1 unspecified atom stereocenters. The predicted molar refractivity (Wildman–Crippen MR) is 88.8 cm³/mol. The highest BCUT2D eigenvalue weighted by atomic mass is 79.9. The van der Waals surface area contributed by atoms with E-state index in [1.54, 1.807) is 7.11 Å². The zero-order chi connectivity index (χ0) is 15.2. The highest BCUT2D eigenvalue weighted by Gasteiger charge is 2.25. The molecule has 3 nitrogen and oxygen atoms in total. The van der Waals surface area contributed by atoms with Gasteiger partial charge in [-0.15, -0.1) is 0 Å². The lowest BCUT2D eigenvalue weighted by atomic mass is 9.83. The third kappa shape index (κ3) is 4.22. The Morgan fingerprint density at radius 1 is 1.38 bits per heavy atom. The molecule has 1 N–H and O–H groups in total. The first-order valence-electron chi connectivity index (χ1n) is 7.80. The summed E-state index contributed by atoms with van der Waals surface area (Å²) >= 11 is 3.40. The zero-order valence-corrected chi connectivity index (χ0v) is 14.4. The second-order valence-corrected chi connectivity index (χ2v) is 6.65. The molecular weight excluding hydrogens is 330 g/mol.